The fourth-order valence-electron chi connectivity index (χ4n) is 3.32. The normalized spacial score (nSPS) is 17.2. The van der Waals surface area contributed by atoms with E-state index in [0.717, 1.165) is 23.4 Å². The lowest BCUT2D eigenvalue weighted by molar-refractivity contribution is 0.349. The molecule has 2 N–H and O–H groups in total. The Bertz CT molecular complexity index is 565. The highest BCUT2D eigenvalue weighted by atomic mass is 15.1. The SMILES string of the molecule is Cn1c(CC2CCCCC2)nc2c(CN)cccc21. The van der Waals surface area contributed by atoms with Crippen molar-refractivity contribution in [2.24, 2.45) is 18.7 Å². The van der Waals surface area contributed by atoms with Gasteiger partial charge < -0.3 is 10.3 Å². The summed E-state index contributed by atoms with van der Waals surface area (Å²) in [4.78, 5) is 4.86. The summed E-state index contributed by atoms with van der Waals surface area (Å²) < 4.78 is 2.25. The van der Waals surface area contributed by atoms with Crippen LogP contribution in [0.5, 0.6) is 0 Å². The van der Waals surface area contributed by atoms with E-state index in [1.54, 1.807) is 0 Å². The van der Waals surface area contributed by atoms with Gasteiger partial charge in [-0.3, -0.25) is 0 Å². The number of nitrogens with two attached hydrogens (primary N) is 1. The van der Waals surface area contributed by atoms with Crippen molar-refractivity contribution in [2.75, 3.05) is 0 Å². The lowest BCUT2D eigenvalue weighted by atomic mass is 9.87. The predicted molar refractivity (Wildman–Crippen MR) is 78.9 cm³/mol. The van der Waals surface area contributed by atoms with Crippen LogP contribution < -0.4 is 5.73 Å². The number of aryl methyl sites for hydroxylation is 1. The van der Waals surface area contributed by atoms with Gasteiger partial charge in [0.05, 0.1) is 11.0 Å². The molecule has 3 nitrogen and oxygen atoms in total. The summed E-state index contributed by atoms with van der Waals surface area (Å²) in [7, 11) is 2.13. The van der Waals surface area contributed by atoms with E-state index in [1.165, 1.54) is 43.4 Å². The quantitative estimate of drug-likeness (QED) is 0.918. The molecule has 1 fully saturated rings. The molecule has 1 aliphatic rings. The summed E-state index contributed by atoms with van der Waals surface area (Å²) in [5, 5.41) is 0. The fraction of sp³-hybridized carbons (Fsp3) is 0.562. The zero-order valence-corrected chi connectivity index (χ0v) is 11.7. The largest absolute Gasteiger partial charge is 0.331 e. The van der Waals surface area contributed by atoms with E-state index >= 15 is 0 Å². The Morgan fingerprint density at radius 3 is 2.79 bits per heavy atom. The molecule has 0 unspecified atom stereocenters. The molecule has 0 atom stereocenters. The molecule has 1 aromatic carbocycles. The minimum absolute atomic E-state index is 0.567. The maximum Gasteiger partial charge on any atom is 0.109 e. The first-order chi connectivity index (χ1) is 9.29. The summed E-state index contributed by atoms with van der Waals surface area (Å²) in [6.07, 6.45) is 8.05. The molecule has 0 amide bonds. The van der Waals surface area contributed by atoms with Crippen molar-refractivity contribution in [1.82, 2.24) is 9.55 Å². The Labute approximate surface area is 114 Å². The van der Waals surface area contributed by atoms with E-state index in [4.69, 9.17) is 10.7 Å². The molecule has 0 aliphatic heterocycles. The van der Waals surface area contributed by atoms with Crippen LogP contribution in [-0.4, -0.2) is 9.55 Å². The highest BCUT2D eigenvalue weighted by molar-refractivity contribution is 5.79. The average molecular weight is 257 g/mol. The molecule has 0 bridgehead atoms. The van der Waals surface area contributed by atoms with Crippen LogP contribution in [0.4, 0.5) is 0 Å². The Morgan fingerprint density at radius 1 is 1.26 bits per heavy atom. The van der Waals surface area contributed by atoms with E-state index in [1.807, 2.05) is 0 Å². The molecule has 0 spiro atoms. The van der Waals surface area contributed by atoms with Crippen LogP contribution in [0.15, 0.2) is 18.2 Å². The third kappa shape index (κ3) is 2.39. The van der Waals surface area contributed by atoms with Crippen LogP contribution >= 0.6 is 0 Å². The van der Waals surface area contributed by atoms with Gasteiger partial charge in [-0.15, -0.1) is 0 Å². The van der Waals surface area contributed by atoms with Crippen molar-refractivity contribution in [1.29, 1.82) is 0 Å². The number of benzene rings is 1. The molecular weight excluding hydrogens is 234 g/mol. The number of nitrogens with zero attached hydrogens (tertiary/aromatic N) is 2. The van der Waals surface area contributed by atoms with E-state index in [-0.39, 0.29) is 0 Å². The molecule has 1 aromatic heterocycles. The van der Waals surface area contributed by atoms with E-state index in [2.05, 4.69) is 29.8 Å². The summed E-state index contributed by atoms with van der Waals surface area (Å²) in [5.41, 5.74) is 9.28. The van der Waals surface area contributed by atoms with Crippen molar-refractivity contribution in [3.05, 3.63) is 29.6 Å². The monoisotopic (exact) mass is 257 g/mol. The molecule has 3 heteroatoms. The summed E-state index contributed by atoms with van der Waals surface area (Å²) in [5.74, 6) is 2.05. The second kappa shape index (κ2) is 5.33. The van der Waals surface area contributed by atoms with Crippen molar-refractivity contribution in [3.63, 3.8) is 0 Å². The summed E-state index contributed by atoms with van der Waals surface area (Å²) in [6.45, 7) is 0.567. The molecule has 0 saturated heterocycles. The third-order valence-corrected chi connectivity index (χ3v) is 4.50. The van der Waals surface area contributed by atoms with Crippen molar-refractivity contribution >= 4 is 11.0 Å². The number of rotatable bonds is 3. The molecule has 19 heavy (non-hydrogen) atoms. The maximum atomic E-state index is 5.81. The minimum atomic E-state index is 0.567. The molecule has 0 radical (unpaired) electrons. The average Bonchev–Trinajstić information content (AvgIpc) is 2.77. The Balaban J connectivity index is 1.93. The second-order valence-electron chi connectivity index (χ2n) is 5.78. The summed E-state index contributed by atoms with van der Waals surface area (Å²) in [6, 6.07) is 6.31. The second-order valence-corrected chi connectivity index (χ2v) is 5.78. The van der Waals surface area contributed by atoms with Gasteiger partial charge >= 0.3 is 0 Å². The molecule has 2 aromatic rings. The van der Waals surface area contributed by atoms with Crippen LogP contribution in [0.2, 0.25) is 0 Å². The Hall–Kier alpha value is -1.35. The molecule has 1 saturated carbocycles. The number of para-hydroxylation sites is 1. The van der Waals surface area contributed by atoms with Gasteiger partial charge in [-0.1, -0.05) is 44.2 Å². The number of hydrogen-bond acceptors (Lipinski definition) is 2. The number of aromatic nitrogens is 2. The predicted octanol–water partition coefficient (Wildman–Crippen LogP) is 3.15. The van der Waals surface area contributed by atoms with Crippen molar-refractivity contribution in [3.8, 4) is 0 Å². The topological polar surface area (TPSA) is 43.8 Å². The maximum absolute atomic E-state index is 5.81. The number of imidazole rings is 1. The Morgan fingerprint density at radius 2 is 2.05 bits per heavy atom. The first-order valence-corrected chi connectivity index (χ1v) is 7.43. The van der Waals surface area contributed by atoms with Gasteiger partial charge in [0.2, 0.25) is 0 Å². The van der Waals surface area contributed by atoms with Crippen LogP contribution in [0, 0.1) is 5.92 Å². The zero-order valence-electron chi connectivity index (χ0n) is 11.7. The van der Waals surface area contributed by atoms with Gasteiger partial charge in [-0.25, -0.2) is 4.98 Å². The molecule has 3 rings (SSSR count). The van der Waals surface area contributed by atoms with E-state index < -0.39 is 0 Å². The first kappa shape index (κ1) is 12.7. The smallest absolute Gasteiger partial charge is 0.109 e. The van der Waals surface area contributed by atoms with Crippen LogP contribution in [0.3, 0.4) is 0 Å². The van der Waals surface area contributed by atoms with Crippen LogP contribution in [-0.2, 0) is 20.0 Å². The lowest BCUT2D eigenvalue weighted by Crippen LogP contribution is -2.12. The van der Waals surface area contributed by atoms with Gasteiger partial charge in [0.1, 0.15) is 5.82 Å². The standard InChI is InChI=1S/C16H23N3/c1-19-14-9-5-8-13(11-17)16(14)18-15(19)10-12-6-3-2-4-7-12/h5,8-9,12H,2-4,6-7,10-11,17H2,1H3. The lowest BCUT2D eigenvalue weighted by Gasteiger charge is -2.20. The molecule has 1 aliphatic carbocycles. The van der Waals surface area contributed by atoms with Crippen LogP contribution in [0.1, 0.15) is 43.5 Å². The van der Waals surface area contributed by atoms with Gasteiger partial charge in [-0.05, 0) is 17.5 Å². The van der Waals surface area contributed by atoms with Crippen molar-refractivity contribution in [2.45, 2.75) is 45.1 Å². The third-order valence-electron chi connectivity index (χ3n) is 4.50. The molecule has 102 valence electrons. The van der Waals surface area contributed by atoms with E-state index in [0.29, 0.717) is 6.54 Å². The first-order valence-electron chi connectivity index (χ1n) is 7.43. The zero-order chi connectivity index (χ0) is 13.2. The van der Waals surface area contributed by atoms with E-state index in [9.17, 15) is 0 Å². The number of hydrogen-bond donors (Lipinski definition) is 1. The van der Waals surface area contributed by atoms with Crippen molar-refractivity contribution < 1.29 is 0 Å². The number of fused-ring (bicyclic) bond motifs is 1. The highest BCUT2D eigenvalue weighted by Crippen LogP contribution is 2.28. The minimum Gasteiger partial charge on any atom is -0.331 e. The highest BCUT2D eigenvalue weighted by Gasteiger charge is 2.18. The summed E-state index contributed by atoms with van der Waals surface area (Å²) >= 11 is 0. The van der Waals surface area contributed by atoms with Crippen LogP contribution in [0.25, 0.3) is 11.0 Å². The van der Waals surface area contributed by atoms with Gasteiger partial charge in [0, 0.05) is 20.0 Å². The Kier molecular flexibility index (Phi) is 3.56. The van der Waals surface area contributed by atoms with Gasteiger partial charge in [-0.2, -0.15) is 0 Å². The fourth-order valence-corrected chi connectivity index (χ4v) is 3.32. The molecular formula is C16H23N3. The van der Waals surface area contributed by atoms with Gasteiger partial charge in [0.15, 0.2) is 0 Å². The van der Waals surface area contributed by atoms with Gasteiger partial charge in [0.25, 0.3) is 0 Å². The molecule has 1 heterocycles.